The lowest BCUT2D eigenvalue weighted by molar-refractivity contribution is -0.142. The Hall–Kier alpha value is -1.00. The van der Waals surface area contributed by atoms with Crippen molar-refractivity contribution >= 4 is 17.7 Å². The van der Waals surface area contributed by atoms with Crippen LogP contribution in [0.25, 0.3) is 0 Å². The van der Waals surface area contributed by atoms with Gasteiger partial charge in [0, 0.05) is 5.75 Å². The lowest BCUT2D eigenvalue weighted by Crippen LogP contribution is -2.34. The van der Waals surface area contributed by atoms with Gasteiger partial charge in [0.25, 0.3) is 5.91 Å². The molecule has 0 radical (unpaired) electrons. The van der Waals surface area contributed by atoms with Crippen molar-refractivity contribution in [2.45, 2.75) is 39.0 Å². The second kappa shape index (κ2) is 6.81. The van der Waals surface area contributed by atoms with E-state index >= 15 is 0 Å². The number of nitrogens with one attached hydrogen (secondary N) is 1. The normalized spacial score (nSPS) is 11.3. The molecule has 1 aromatic carbocycles. The van der Waals surface area contributed by atoms with Crippen molar-refractivity contribution in [3.05, 3.63) is 35.4 Å². The zero-order chi connectivity index (χ0) is 13.6. The van der Waals surface area contributed by atoms with Gasteiger partial charge in [0.1, 0.15) is 0 Å². The van der Waals surface area contributed by atoms with Crippen LogP contribution in [-0.2, 0) is 15.4 Å². The fraction of sp³-hybridized carbons (Fsp3) is 0.500. The number of carbonyl (C=O) groups excluding carboxylic acids is 1. The molecule has 18 heavy (non-hydrogen) atoms. The van der Waals surface area contributed by atoms with Crippen LogP contribution >= 0.6 is 11.8 Å². The van der Waals surface area contributed by atoms with Crippen molar-refractivity contribution in [2.75, 3.05) is 5.75 Å². The molecule has 1 amide bonds. The molecule has 1 aromatic rings. The van der Waals surface area contributed by atoms with Crippen molar-refractivity contribution in [1.82, 2.24) is 5.48 Å². The number of amides is 1. The molecule has 0 saturated carbocycles. The number of benzene rings is 1. The van der Waals surface area contributed by atoms with E-state index < -0.39 is 0 Å². The largest absolute Gasteiger partial charge is 0.272 e. The lowest BCUT2D eigenvalue weighted by Gasteiger charge is -2.18. The number of hydrogen-bond acceptors (Lipinski definition) is 3. The summed E-state index contributed by atoms with van der Waals surface area (Å²) >= 11 is 1.58. The van der Waals surface area contributed by atoms with E-state index in [1.165, 1.54) is 11.1 Å². The Morgan fingerprint density at radius 3 is 2.44 bits per heavy atom. The van der Waals surface area contributed by atoms with Crippen LogP contribution in [0.15, 0.2) is 24.3 Å². The number of thioether (sulfide) groups is 1. The maximum atomic E-state index is 11.5. The number of hydroxylamine groups is 1. The Labute approximate surface area is 113 Å². The first-order valence-electron chi connectivity index (χ1n) is 5.97. The van der Waals surface area contributed by atoms with Crippen LogP contribution in [0.5, 0.6) is 0 Å². The second-order valence-corrected chi connectivity index (χ2v) is 6.20. The van der Waals surface area contributed by atoms with E-state index in [4.69, 9.17) is 4.84 Å². The summed E-state index contributed by atoms with van der Waals surface area (Å²) in [5.74, 6) is 1.15. The first-order valence-corrected chi connectivity index (χ1v) is 7.12. The van der Waals surface area contributed by atoms with Crippen LogP contribution in [-0.4, -0.2) is 17.3 Å². The smallest absolute Gasteiger partial charge is 0.253 e. The summed E-state index contributed by atoms with van der Waals surface area (Å²) in [6, 6.07) is 8.34. The number of rotatable bonds is 5. The summed E-state index contributed by atoms with van der Waals surface area (Å²) in [5.41, 5.74) is 4.59. The van der Waals surface area contributed by atoms with E-state index in [1.807, 2.05) is 20.8 Å². The Morgan fingerprint density at radius 2 is 1.89 bits per heavy atom. The zero-order valence-corrected chi connectivity index (χ0v) is 12.3. The third-order valence-corrected chi connectivity index (χ3v) is 3.10. The monoisotopic (exact) mass is 267 g/mol. The van der Waals surface area contributed by atoms with Crippen molar-refractivity contribution in [3.63, 3.8) is 0 Å². The van der Waals surface area contributed by atoms with E-state index in [2.05, 4.69) is 36.7 Å². The highest BCUT2D eigenvalue weighted by atomic mass is 32.2. The number of aryl methyl sites for hydroxylation is 1. The van der Waals surface area contributed by atoms with Crippen LogP contribution in [0.1, 0.15) is 31.9 Å². The fourth-order valence-electron chi connectivity index (χ4n) is 1.19. The molecule has 0 heterocycles. The second-order valence-electron chi connectivity index (χ2n) is 5.22. The first kappa shape index (κ1) is 15.1. The van der Waals surface area contributed by atoms with Crippen molar-refractivity contribution in [2.24, 2.45) is 0 Å². The average Bonchev–Trinajstić information content (AvgIpc) is 2.28. The maximum absolute atomic E-state index is 11.5. The summed E-state index contributed by atoms with van der Waals surface area (Å²) in [7, 11) is 0. The number of hydrogen-bond donors (Lipinski definition) is 1. The summed E-state index contributed by atoms with van der Waals surface area (Å²) in [5, 5.41) is 0. The molecule has 3 nitrogen and oxygen atoms in total. The molecule has 0 aliphatic heterocycles. The molecule has 0 aliphatic carbocycles. The SMILES string of the molecule is Cc1ccc(CSCC(=O)NOC(C)(C)C)cc1. The van der Waals surface area contributed by atoms with E-state index in [0.29, 0.717) is 5.75 Å². The molecule has 0 spiro atoms. The van der Waals surface area contributed by atoms with Gasteiger partial charge in [-0.3, -0.25) is 9.63 Å². The minimum atomic E-state index is -0.350. The third-order valence-electron chi connectivity index (χ3n) is 2.09. The van der Waals surface area contributed by atoms with Crippen LogP contribution in [0.2, 0.25) is 0 Å². The summed E-state index contributed by atoms with van der Waals surface area (Å²) in [6.45, 7) is 7.75. The Kier molecular flexibility index (Phi) is 5.69. The first-order chi connectivity index (χ1) is 8.37. The molecule has 1 N–H and O–H groups in total. The molecule has 0 unspecified atom stereocenters. The topological polar surface area (TPSA) is 38.3 Å². The highest BCUT2D eigenvalue weighted by molar-refractivity contribution is 7.99. The molecule has 0 fully saturated rings. The van der Waals surface area contributed by atoms with Gasteiger partial charge in [0.2, 0.25) is 0 Å². The van der Waals surface area contributed by atoms with Crippen LogP contribution < -0.4 is 5.48 Å². The lowest BCUT2D eigenvalue weighted by atomic mass is 10.2. The van der Waals surface area contributed by atoms with Gasteiger partial charge in [-0.1, -0.05) is 29.8 Å². The molecular formula is C14H21NO2S. The van der Waals surface area contributed by atoms with E-state index in [-0.39, 0.29) is 11.5 Å². The minimum Gasteiger partial charge on any atom is -0.272 e. The van der Waals surface area contributed by atoms with Gasteiger partial charge in [-0.15, -0.1) is 11.8 Å². The van der Waals surface area contributed by atoms with Crippen molar-refractivity contribution in [1.29, 1.82) is 0 Å². The van der Waals surface area contributed by atoms with Gasteiger partial charge >= 0.3 is 0 Å². The van der Waals surface area contributed by atoms with Crippen LogP contribution in [0.3, 0.4) is 0 Å². The van der Waals surface area contributed by atoms with Gasteiger partial charge in [0.05, 0.1) is 11.4 Å². The summed E-state index contributed by atoms with van der Waals surface area (Å²) in [4.78, 5) is 16.7. The van der Waals surface area contributed by atoms with E-state index in [1.54, 1.807) is 11.8 Å². The maximum Gasteiger partial charge on any atom is 0.253 e. The highest BCUT2D eigenvalue weighted by Gasteiger charge is 2.12. The fourth-order valence-corrected chi connectivity index (χ4v) is 1.96. The third kappa shape index (κ3) is 6.67. The van der Waals surface area contributed by atoms with Crippen molar-refractivity contribution < 1.29 is 9.63 Å². The quantitative estimate of drug-likeness (QED) is 0.833. The summed E-state index contributed by atoms with van der Waals surface area (Å²) < 4.78 is 0. The standard InChI is InChI=1S/C14H21NO2S/c1-11-5-7-12(8-6-11)9-18-10-13(16)15-17-14(2,3)4/h5-8H,9-10H2,1-4H3,(H,15,16). The number of carbonyl (C=O) groups is 1. The minimum absolute atomic E-state index is 0.0953. The Morgan fingerprint density at radius 1 is 1.28 bits per heavy atom. The van der Waals surface area contributed by atoms with Gasteiger partial charge in [-0.05, 0) is 33.3 Å². The predicted molar refractivity (Wildman–Crippen MR) is 76.3 cm³/mol. The van der Waals surface area contributed by atoms with Gasteiger partial charge in [-0.25, -0.2) is 5.48 Å². The molecule has 1 rings (SSSR count). The summed E-state index contributed by atoms with van der Waals surface area (Å²) in [6.07, 6.45) is 0. The van der Waals surface area contributed by atoms with Crippen LogP contribution in [0, 0.1) is 6.92 Å². The Bertz CT molecular complexity index is 382. The van der Waals surface area contributed by atoms with E-state index in [9.17, 15) is 4.79 Å². The molecule has 0 atom stereocenters. The van der Waals surface area contributed by atoms with Crippen LogP contribution in [0.4, 0.5) is 0 Å². The molecule has 100 valence electrons. The van der Waals surface area contributed by atoms with Gasteiger partial charge < -0.3 is 0 Å². The van der Waals surface area contributed by atoms with Crippen molar-refractivity contribution in [3.8, 4) is 0 Å². The Balaban J connectivity index is 2.21. The van der Waals surface area contributed by atoms with E-state index in [0.717, 1.165) is 5.75 Å². The predicted octanol–water partition coefficient (Wildman–Crippen LogP) is 3.07. The van der Waals surface area contributed by atoms with Gasteiger partial charge in [-0.2, -0.15) is 0 Å². The molecule has 0 aromatic heterocycles. The molecule has 0 aliphatic rings. The molecule has 4 heteroatoms. The molecular weight excluding hydrogens is 246 g/mol. The zero-order valence-electron chi connectivity index (χ0n) is 11.4. The molecule has 0 bridgehead atoms. The highest BCUT2D eigenvalue weighted by Crippen LogP contribution is 2.13. The average molecular weight is 267 g/mol. The molecule has 0 saturated heterocycles. The van der Waals surface area contributed by atoms with Gasteiger partial charge in [0.15, 0.2) is 0 Å².